The predicted molar refractivity (Wildman–Crippen MR) is 71.6 cm³/mol. The first kappa shape index (κ1) is 12.9. The zero-order valence-corrected chi connectivity index (χ0v) is 11.3. The van der Waals surface area contributed by atoms with Crippen LogP contribution in [0.5, 0.6) is 0 Å². The van der Waals surface area contributed by atoms with E-state index in [4.69, 9.17) is 17.3 Å². The van der Waals surface area contributed by atoms with Crippen LogP contribution in [0.15, 0.2) is 24.3 Å². The molecule has 3 nitrogen and oxygen atoms in total. The molecule has 2 rings (SSSR count). The first-order valence-electron chi connectivity index (χ1n) is 5.61. The van der Waals surface area contributed by atoms with Gasteiger partial charge in [0.05, 0.1) is 11.4 Å². The van der Waals surface area contributed by atoms with Crippen molar-refractivity contribution >= 4 is 17.4 Å². The van der Waals surface area contributed by atoms with Gasteiger partial charge in [0, 0.05) is 5.41 Å². The normalized spacial score (nSPS) is 11.8. The monoisotopic (exact) mass is 267 g/mol. The van der Waals surface area contributed by atoms with Crippen molar-refractivity contribution in [2.45, 2.75) is 26.2 Å². The summed E-state index contributed by atoms with van der Waals surface area (Å²) in [7, 11) is 0. The van der Waals surface area contributed by atoms with Gasteiger partial charge in [-0.25, -0.2) is 9.07 Å². The molecule has 0 aliphatic rings. The largest absolute Gasteiger partial charge is 0.382 e. The zero-order chi connectivity index (χ0) is 13.5. The lowest BCUT2D eigenvalue weighted by Crippen LogP contribution is -2.13. The summed E-state index contributed by atoms with van der Waals surface area (Å²) >= 11 is 6.20. The standard InChI is InChI=1S/C13H15ClFN3/c1-13(2,3)11-10(14)12(16)18(17-11)9-6-4-8(15)5-7-9/h4-7H,16H2,1-3H3. The fourth-order valence-electron chi connectivity index (χ4n) is 1.67. The van der Waals surface area contributed by atoms with Crippen LogP contribution in [0.2, 0.25) is 5.02 Å². The van der Waals surface area contributed by atoms with E-state index in [0.717, 1.165) is 5.69 Å². The lowest BCUT2D eigenvalue weighted by molar-refractivity contribution is 0.560. The summed E-state index contributed by atoms with van der Waals surface area (Å²) in [6.07, 6.45) is 0. The Hall–Kier alpha value is -1.55. The van der Waals surface area contributed by atoms with E-state index in [1.807, 2.05) is 20.8 Å². The molecule has 0 bridgehead atoms. The highest BCUT2D eigenvalue weighted by molar-refractivity contribution is 6.33. The Morgan fingerprint density at radius 2 is 1.78 bits per heavy atom. The van der Waals surface area contributed by atoms with Crippen molar-refractivity contribution in [3.05, 3.63) is 40.8 Å². The molecule has 0 spiro atoms. The SMILES string of the molecule is CC(C)(C)c1nn(-c2ccc(F)cc2)c(N)c1Cl. The van der Waals surface area contributed by atoms with Crippen LogP contribution in [-0.2, 0) is 5.41 Å². The molecule has 1 heterocycles. The summed E-state index contributed by atoms with van der Waals surface area (Å²) in [5, 5.41) is 4.87. The van der Waals surface area contributed by atoms with Crippen molar-refractivity contribution < 1.29 is 4.39 Å². The highest BCUT2D eigenvalue weighted by atomic mass is 35.5. The number of nitrogens with two attached hydrogens (primary N) is 1. The quantitative estimate of drug-likeness (QED) is 0.859. The third kappa shape index (κ3) is 2.20. The van der Waals surface area contributed by atoms with Crippen LogP contribution in [0.25, 0.3) is 5.69 Å². The molecule has 0 radical (unpaired) electrons. The lowest BCUT2D eigenvalue weighted by atomic mass is 9.92. The van der Waals surface area contributed by atoms with Gasteiger partial charge in [-0.15, -0.1) is 0 Å². The number of hydrogen-bond donors (Lipinski definition) is 1. The Morgan fingerprint density at radius 3 is 2.22 bits per heavy atom. The fourth-order valence-corrected chi connectivity index (χ4v) is 2.07. The van der Waals surface area contributed by atoms with Gasteiger partial charge in [0.2, 0.25) is 0 Å². The lowest BCUT2D eigenvalue weighted by Gasteiger charge is -2.15. The molecular weight excluding hydrogens is 253 g/mol. The molecule has 18 heavy (non-hydrogen) atoms. The summed E-state index contributed by atoms with van der Waals surface area (Å²) < 4.78 is 14.4. The van der Waals surface area contributed by atoms with Gasteiger partial charge in [-0.1, -0.05) is 32.4 Å². The van der Waals surface area contributed by atoms with Crippen molar-refractivity contribution in [1.29, 1.82) is 0 Å². The van der Waals surface area contributed by atoms with Crippen LogP contribution in [0.3, 0.4) is 0 Å². The number of hydrogen-bond acceptors (Lipinski definition) is 2. The number of benzene rings is 1. The van der Waals surface area contributed by atoms with Crippen LogP contribution in [0.4, 0.5) is 10.2 Å². The van der Waals surface area contributed by atoms with Gasteiger partial charge in [0.1, 0.15) is 16.7 Å². The molecule has 2 aromatic rings. The molecule has 0 saturated heterocycles. The van der Waals surface area contributed by atoms with Crippen molar-refractivity contribution in [1.82, 2.24) is 9.78 Å². The summed E-state index contributed by atoms with van der Waals surface area (Å²) in [5.74, 6) is 0.0693. The van der Waals surface area contributed by atoms with Gasteiger partial charge >= 0.3 is 0 Å². The molecule has 0 unspecified atom stereocenters. The summed E-state index contributed by atoms with van der Waals surface area (Å²) in [6.45, 7) is 6.03. The molecular formula is C13H15ClFN3. The predicted octanol–water partition coefficient (Wildman–Crippen LogP) is 3.54. The van der Waals surface area contributed by atoms with Gasteiger partial charge in [0.25, 0.3) is 0 Å². The number of nitrogens with zero attached hydrogens (tertiary/aromatic N) is 2. The van der Waals surface area contributed by atoms with E-state index in [-0.39, 0.29) is 11.2 Å². The molecule has 0 aliphatic heterocycles. The number of nitrogen functional groups attached to an aromatic ring is 1. The Balaban J connectivity index is 2.56. The average molecular weight is 268 g/mol. The van der Waals surface area contributed by atoms with E-state index in [1.54, 1.807) is 12.1 Å². The number of rotatable bonds is 1. The number of aromatic nitrogens is 2. The molecule has 96 valence electrons. The van der Waals surface area contributed by atoms with Gasteiger partial charge < -0.3 is 5.73 Å². The Bertz CT molecular complexity index is 567. The maximum absolute atomic E-state index is 12.9. The van der Waals surface area contributed by atoms with Gasteiger partial charge in [-0.3, -0.25) is 0 Å². The van der Waals surface area contributed by atoms with Crippen LogP contribution in [0, 0.1) is 5.82 Å². The molecule has 1 aromatic carbocycles. The van der Waals surface area contributed by atoms with E-state index in [2.05, 4.69) is 5.10 Å². The third-order valence-electron chi connectivity index (χ3n) is 2.64. The molecule has 0 aliphatic carbocycles. The molecule has 5 heteroatoms. The van der Waals surface area contributed by atoms with Crippen molar-refractivity contribution in [3.8, 4) is 5.69 Å². The minimum atomic E-state index is -0.299. The number of anilines is 1. The van der Waals surface area contributed by atoms with E-state index >= 15 is 0 Å². The topological polar surface area (TPSA) is 43.8 Å². The van der Waals surface area contributed by atoms with Crippen molar-refractivity contribution in [3.63, 3.8) is 0 Å². The van der Waals surface area contributed by atoms with Crippen LogP contribution in [-0.4, -0.2) is 9.78 Å². The first-order valence-corrected chi connectivity index (χ1v) is 5.99. The fraction of sp³-hybridized carbons (Fsp3) is 0.308. The molecule has 0 fully saturated rings. The zero-order valence-electron chi connectivity index (χ0n) is 10.5. The minimum absolute atomic E-state index is 0.198. The molecule has 0 saturated carbocycles. The van der Waals surface area contributed by atoms with Crippen molar-refractivity contribution in [2.75, 3.05) is 5.73 Å². The average Bonchev–Trinajstić information content (AvgIpc) is 2.57. The molecule has 1 aromatic heterocycles. The smallest absolute Gasteiger partial charge is 0.146 e. The minimum Gasteiger partial charge on any atom is -0.382 e. The molecule has 0 atom stereocenters. The highest BCUT2D eigenvalue weighted by Gasteiger charge is 2.25. The van der Waals surface area contributed by atoms with E-state index in [9.17, 15) is 4.39 Å². The maximum atomic E-state index is 12.9. The molecule has 0 amide bonds. The second-order valence-electron chi connectivity index (χ2n) is 5.19. The second-order valence-corrected chi connectivity index (χ2v) is 5.56. The van der Waals surface area contributed by atoms with Crippen LogP contribution < -0.4 is 5.73 Å². The molecule has 2 N–H and O–H groups in total. The summed E-state index contributed by atoms with van der Waals surface area (Å²) in [5.41, 5.74) is 7.16. The van der Waals surface area contributed by atoms with Gasteiger partial charge in [0.15, 0.2) is 0 Å². The Labute approximate surface area is 110 Å². The maximum Gasteiger partial charge on any atom is 0.146 e. The first-order chi connectivity index (χ1) is 8.30. The van der Waals surface area contributed by atoms with Crippen LogP contribution in [0.1, 0.15) is 26.5 Å². The van der Waals surface area contributed by atoms with Gasteiger partial charge in [-0.2, -0.15) is 5.10 Å². The van der Waals surface area contributed by atoms with Gasteiger partial charge in [-0.05, 0) is 24.3 Å². The third-order valence-corrected chi connectivity index (χ3v) is 3.02. The van der Waals surface area contributed by atoms with Crippen LogP contribution >= 0.6 is 11.6 Å². The van der Waals surface area contributed by atoms with Crippen molar-refractivity contribution in [2.24, 2.45) is 0 Å². The Morgan fingerprint density at radius 1 is 1.22 bits per heavy atom. The van der Waals surface area contributed by atoms with E-state index in [0.29, 0.717) is 16.5 Å². The van der Waals surface area contributed by atoms with E-state index in [1.165, 1.54) is 16.8 Å². The summed E-state index contributed by atoms with van der Waals surface area (Å²) in [6, 6.07) is 5.95. The van der Waals surface area contributed by atoms with E-state index < -0.39 is 0 Å². The number of halogens is 2. The Kier molecular flexibility index (Phi) is 3.07. The second kappa shape index (κ2) is 4.28. The summed E-state index contributed by atoms with van der Waals surface area (Å²) in [4.78, 5) is 0. The highest BCUT2D eigenvalue weighted by Crippen LogP contribution is 2.33.